The Hall–Kier alpha value is -2.89. The number of hydrogen-bond donors (Lipinski definition) is 0. The molecule has 35 heavy (non-hydrogen) atoms. The molecule has 1 saturated heterocycles. The molecule has 0 aromatic carbocycles. The summed E-state index contributed by atoms with van der Waals surface area (Å²) in [5, 5.41) is 9.14. The molecule has 2 aliphatic heterocycles. The van der Waals surface area contributed by atoms with Gasteiger partial charge in [0.15, 0.2) is 0 Å². The Morgan fingerprint density at radius 2 is 1.80 bits per heavy atom. The van der Waals surface area contributed by atoms with Crippen LogP contribution in [-0.4, -0.2) is 64.2 Å². The maximum atomic E-state index is 13.4. The van der Waals surface area contributed by atoms with E-state index in [2.05, 4.69) is 22.9 Å². The minimum absolute atomic E-state index is 0.00625. The number of piperazine rings is 1. The van der Waals surface area contributed by atoms with Crippen molar-refractivity contribution in [3.8, 4) is 6.07 Å². The molecule has 0 N–H and O–H groups in total. The third-order valence-electron chi connectivity index (χ3n) is 8.19. The minimum Gasteiger partial charge on any atom is -0.444 e. The first-order chi connectivity index (χ1) is 16.5. The second-order valence-corrected chi connectivity index (χ2v) is 11.9. The van der Waals surface area contributed by atoms with Gasteiger partial charge < -0.3 is 14.5 Å². The van der Waals surface area contributed by atoms with Crippen LogP contribution >= 0.6 is 0 Å². The van der Waals surface area contributed by atoms with Crippen molar-refractivity contribution in [3.05, 3.63) is 11.9 Å². The van der Waals surface area contributed by atoms with E-state index in [1.54, 1.807) is 6.33 Å². The first-order valence-corrected chi connectivity index (χ1v) is 12.9. The van der Waals surface area contributed by atoms with Crippen LogP contribution in [0.5, 0.6) is 0 Å². The van der Waals surface area contributed by atoms with Gasteiger partial charge in [0.25, 0.3) is 0 Å². The van der Waals surface area contributed by atoms with Crippen LogP contribution in [0.15, 0.2) is 6.33 Å². The summed E-state index contributed by atoms with van der Waals surface area (Å²) in [6, 6.07) is 2.28. The summed E-state index contributed by atoms with van der Waals surface area (Å²) < 4.78 is 5.64. The largest absolute Gasteiger partial charge is 0.444 e. The smallest absolute Gasteiger partial charge is 0.410 e. The molecular weight excluding hydrogens is 444 g/mol. The summed E-state index contributed by atoms with van der Waals surface area (Å²) in [5.41, 5.74) is 0.469. The molecule has 3 heterocycles. The number of nitriles is 1. The lowest BCUT2D eigenvalue weighted by molar-refractivity contribution is -0.125. The molecular formula is C26H36N6O3. The van der Waals surface area contributed by atoms with Crippen molar-refractivity contribution in [1.82, 2.24) is 14.9 Å². The lowest BCUT2D eigenvalue weighted by Crippen LogP contribution is -2.59. The van der Waals surface area contributed by atoms with Crippen molar-refractivity contribution in [3.63, 3.8) is 0 Å². The number of nitrogens with zero attached hydrogens (tertiary/aromatic N) is 6. The zero-order valence-electron chi connectivity index (χ0n) is 21.5. The number of anilines is 2. The molecule has 0 radical (unpaired) electrons. The van der Waals surface area contributed by atoms with Crippen molar-refractivity contribution < 1.29 is 14.3 Å². The van der Waals surface area contributed by atoms with Crippen molar-refractivity contribution in [1.29, 1.82) is 5.26 Å². The Labute approximate surface area is 207 Å². The number of rotatable bonds is 2. The topological polar surface area (TPSA) is 103 Å². The fraction of sp³-hybridized carbons (Fsp3) is 0.731. The predicted octanol–water partition coefficient (Wildman–Crippen LogP) is 3.63. The summed E-state index contributed by atoms with van der Waals surface area (Å²) >= 11 is 0. The highest BCUT2D eigenvalue weighted by Gasteiger charge is 2.54. The van der Waals surface area contributed by atoms with Crippen LogP contribution in [0.2, 0.25) is 0 Å². The molecule has 2 aliphatic carbocycles. The van der Waals surface area contributed by atoms with Gasteiger partial charge >= 0.3 is 6.09 Å². The summed E-state index contributed by atoms with van der Waals surface area (Å²) in [6.07, 6.45) is 5.76. The molecule has 9 nitrogen and oxygen atoms in total. The predicted molar refractivity (Wildman–Crippen MR) is 131 cm³/mol. The summed E-state index contributed by atoms with van der Waals surface area (Å²) in [4.78, 5) is 41.6. The van der Waals surface area contributed by atoms with Crippen LogP contribution in [0.25, 0.3) is 0 Å². The summed E-state index contributed by atoms with van der Waals surface area (Å²) in [6.45, 7) is 11.6. The van der Waals surface area contributed by atoms with Gasteiger partial charge in [-0.15, -0.1) is 0 Å². The lowest BCUT2D eigenvalue weighted by atomic mass is 9.66. The molecule has 9 heteroatoms. The van der Waals surface area contributed by atoms with E-state index in [1.807, 2.05) is 37.5 Å². The van der Waals surface area contributed by atoms with Crippen LogP contribution in [0.4, 0.5) is 16.4 Å². The van der Waals surface area contributed by atoms with E-state index in [-0.39, 0.29) is 41.3 Å². The van der Waals surface area contributed by atoms with Gasteiger partial charge in [-0.2, -0.15) is 5.26 Å². The van der Waals surface area contributed by atoms with Crippen LogP contribution in [0, 0.1) is 23.2 Å². The highest BCUT2D eigenvalue weighted by molar-refractivity contribution is 5.98. The normalized spacial score (nSPS) is 29.2. The Bertz CT molecular complexity index is 1070. The monoisotopic (exact) mass is 480 g/mol. The summed E-state index contributed by atoms with van der Waals surface area (Å²) in [7, 11) is 0. The van der Waals surface area contributed by atoms with E-state index in [1.165, 1.54) is 0 Å². The van der Waals surface area contributed by atoms with Crippen LogP contribution < -0.4 is 9.80 Å². The quantitative estimate of drug-likeness (QED) is 0.637. The number of amides is 2. The molecule has 1 aromatic heterocycles. The molecule has 0 unspecified atom stereocenters. The maximum Gasteiger partial charge on any atom is 0.410 e. The third kappa shape index (κ3) is 4.01. The third-order valence-corrected chi connectivity index (χ3v) is 8.19. The van der Waals surface area contributed by atoms with Gasteiger partial charge in [0, 0.05) is 54.5 Å². The first kappa shape index (κ1) is 23.8. The van der Waals surface area contributed by atoms with E-state index in [0.29, 0.717) is 32.5 Å². The van der Waals surface area contributed by atoms with Gasteiger partial charge in [0.05, 0.1) is 6.07 Å². The fourth-order valence-corrected chi connectivity index (χ4v) is 6.06. The number of ether oxygens (including phenoxy) is 1. The highest BCUT2D eigenvalue weighted by atomic mass is 16.6. The molecule has 2 amide bonds. The molecule has 2 atom stereocenters. The van der Waals surface area contributed by atoms with E-state index in [9.17, 15) is 9.59 Å². The standard InChI is InChI=1S/C26H36N6O3/c1-16-13-31(24(34)35-25(3,4)5)17(2)12-30(16)21-20-22(29-15-28-21)32(14-26(20)7-6-8-26)23(33)19-9-18(10-19)11-27/h15-19H,6-10,12-14H2,1-5H3/t16-,17+,18?,19?/m0/s1. The molecule has 0 bridgehead atoms. The zero-order chi connectivity index (χ0) is 25.1. The van der Waals surface area contributed by atoms with E-state index in [0.717, 1.165) is 36.5 Å². The average molecular weight is 481 g/mol. The number of hydrogen-bond acceptors (Lipinski definition) is 7. The van der Waals surface area contributed by atoms with Crippen LogP contribution in [-0.2, 0) is 14.9 Å². The Morgan fingerprint density at radius 3 is 2.40 bits per heavy atom. The molecule has 3 fully saturated rings. The van der Waals surface area contributed by atoms with Gasteiger partial charge in [-0.3, -0.25) is 9.69 Å². The van der Waals surface area contributed by atoms with E-state index in [4.69, 9.17) is 15.0 Å². The second-order valence-electron chi connectivity index (χ2n) is 11.9. The van der Waals surface area contributed by atoms with Crippen molar-refractivity contribution in [2.75, 3.05) is 29.4 Å². The highest BCUT2D eigenvalue weighted by Crippen LogP contribution is 2.55. The second kappa shape index (κ2) is 8.35. The Kier molecular flexibility index (Phi) is 5.69. The Balaban J connectivity index is 1.42. The Morgan fingerprint density at radius 1 is 1.11 bits per heavy atom. The maximum absolute atomic E-state index is 13.4. The average Bonchev–Trinajstić information content (AvgIpc) is 3.09. The molecule has 1 spiro atoms. The van der Waals surface area contributed by atoms with Gasteiger partial charge in [0.1, 0.15) is 23.6 Å². The SMILES string of the molecule is C[C@@H]1CN(c2ncnc3c2C2(CCC2)CN3C(=O)C2CC(C#N)C2)[C@@H](C)CN1C(=O)OC(C)(C)C. The van der Waals surface area contributed by atoms with Crippen molar-refractivity contribution >= 4 is 23.6 Å². The van der Waals surface area contributed by atoms with Gasteiger partial charge in [-0.05, 0) is 60.3 Å². The number of fused-ring (bicyclic) bond motifs is 2. The van der Waals surface area contributed by atoms with E-state index < -0.39 is 5.60 Å². The molecule has 1 aromatic rings. The van der Waals surface area contributed by atoms with Gasteiger partial charge in [-0.25, -0.2) is 14.8 Å². The lowest BCUT2D eigenvalue weighted by Gasteiger charge is -2.46. The van der Waals surface area contributed by atoms with Gasteiger partial charge in [0.2, 0.25) is 5.91 Å². The van der Waals surface area contributed by atoms with Crippen molar-refractivity contribution in [2.24, 2.45) is 11.8 Å². The number of carbonyl (C=O) groups excluding carboxylic acids is 2. The first-order valence-electron chi connectivity index (χ1n) is 12.9. The number of carbonyl (C=O) groups is 2. The summed E-state index contributed by atoms with van der Waals surface area (Å²) in [5.74, 6) is 1.65. The van der Waals surface area contributed by atoms with Gasteiger partial charge in [-0.1, -0.05) is 6.42 Å². The molecule has 5 rings (SSSR count). The zero-order valence-corrected chi connectivity index (χ0v) is 21.5. The van der Waals surface area contributed by atoms with Crippen LogP contribution in [0.1, 0.15) is 72.3 Å². The number of aromatic nitrogens is 2. The van der Waals surface area contributed by atoms with Crippen LogP contribution in [0.3, 0.4) is 0 Å². The fourth-order valence-electron chi connectivity index (χ4n) is 6.06. The minimum atomic E-state index is -0.537. The van der Waals surface area contributed by atoms with E-state index >= 15 is 0 Å². The molecule has 2 saturated carbocycles. The van der Waals surface area contributed by atoms with Crippen molar-refractivity contribution in [2.45, 2.75) is 89.8 Å². The molecule has 4 aliphatic rings. The molecule has 188 valence electrons.